The second-order valence-electron chi connectivity index (χ2n) is 3.94. The summed E-state index contributed by atoms with van der Waals surface area (Å²) in [4.78, 5) is 0. The molecule has 0 spiro atoms. The zero-order chi connectivity index (χ0) is 11.0. The van der Waals surface area contributed by atoms with Gasteiger partial charge in [-0.2, -0.15) is 0 Å². The molecule has 0 radical (unpaired) electrons. The van der Waals surface area contributed by atoms with E-state index in [0.717, 1.165) is 12.1 Å². The van der Waals surface area contributed by atoms with Crippen LogP contribution in [-0.2, 0) is 6.54 Å². The van der Waals surface area contributed by atoms with Gasteiger partial charge in [0.2, 0.25) is 0 Å². The van der Waals surface area contributed by atoms with Gasteiger partial charge >= 0.3 is 0 Å². The lowest BCUT2D eigenvalue weighted by atomic mass is 10.1. The molecule has 1 atom stereocenters. The van der Waals surface area contributed by atoms with Crippen LogP contribution in [0.5, 0.6) is 0 Å². The highest BCUT2D eigenvalue weighted by Crippen LogP contribution is 2.30. The normalized spacial score (nSPS) is 13.3. The SMILES string of the molecule is CCn1c(C)c(C(C)O)c2ccccc21. The van der Waals surface area contributed by atoms with Crippen LogP contribution in [0, 0.1) is 6.92 Å². The van der Waals surface area contributed by atoms with E-state index in [4.69, 9.17) is 0 Å². The molecule has 2 aromatic rings. The maximum absolute atomic E-state index is 9.80. The zero-order valence-electron chi connectivity index (χ0n) is 9.49. The minimum Gasteiger partial charge on any atom is -0.389 e. The van der Waals surface area contributed by atoms with E-state index in [0.29, 0.717) is 0 Å². The smallest absolute Gasteiger partial charge is 0.0785 e. The Morgan fingerprint density at radius 3 is 2.60 bits per heavy atom. The number of benzene rings is 1. The largest absolute Gasteiger partial charge is 0.389 e. The van der Waals surface area contributed by atoms with Gasteiger partial charge in [-0.15, -0.1) is 0 Å². The van der Waals surface area contributed by atoms with Gasteiger partial charge < -0.3 is 9.67 Å². The maximum Gasteiger partial charge on any atom is 0.0785 e. The number of fused-ring (bicyclic) bond motifs is 1. The first-order valence-electron chi connectivity index (χ1n) is 5.42. The van der Waals surface area contributed by atoms with Crippen LogP contribution in [0.3, 0.4) is 0 Å². The Bertz CT molecular complexity index is 482. The number of para-hydroxylation sites is 1. The van der Waals surface area contributed by atoms with Crippen molar-refractivity contribution >= 4 is 10.9 Å². The highest BCUT2D eigenvalue weighted by Gasteiger charge is 2.15. The number of hydrogen-bond acceptors (Lipinski definition) is 1. The van der Waals surface area contributed by atoms with Gasteiger partial charge in [0, 0.05) is 28.7 Å². The summed E-state index contributed by atoms with van der Waals surface area (Å²) in [6, 6.07) is 8.25. The zero-order valence-corrected chi connectivity index (χ0v) is 9.49. The number of nitrogens with zero attached hydrogens (tertiary/aromatic N) is 1. The monoisotopic (exact) mass is 203 g/mol. The van der Waals surface area contributed by atoms with E-state index in [-0.39, 0.29) is 0 Å². The third kappa shape index (κ3) is 1.45. The summed E-state index contributed by atoms with van der Waals surface area (Å²) in [5.41, 5.74) is 3.45. The van der Waals surface area contributed by atoms with Crippen molar-refractivity contribution in [2.24, 2.45) is 0 Å². The third-order valence-electron chi connectivity index (χ3n) is 3.01. The van der Waals surface area contributed by atoms with E-state index in [1.165, 1.54) is 16.6 Å². The lowest BCUT2D eigenvalue weighted by molar-refractivity contribution is 0.200. The topological polar surface area (TPSA) is 25.2 Å². The fourth-order valence-corrected chi connectivity index (χ4v) is 2.39. The standard InChI is InChI=1S/C13H17NO/c1-4-14-9(2)13(10(3)15)11-7-5-6-8-12(11)14/h5-8,10,15H,4H2,1-3H3. The second-order valence-corrected chi connectivity index (χ2v) is 3.94. The summed E-state index contributed by atoms with van der Waals surface area (Å²) in [6.07, 6.45) is -0.400. The molecule has 0 aliphatic heterocycles. The van der Waals surface area contributed by atoms with Crippen molar-refractivity contribution in [3.8, 4) is 0 Å². The summed E-state index contributed by atoms with van der Waals surface area (Å²) in [5, 5.41) is 11.0. The Morgan fingerprint density at radius 1 is 1.33 bits per heavy atom. The highest BCUT2D eigenvalue weighted by atomic mass is 16.3. The first kappa shape index (κ1) is 10.2. The van der Waals surface area contributed by atoms with Crippen LogP contribution in [0.2, 0.25) is 0 Å². The summed E-state index contributed by atoms with van der Waals surface area (Å²) >= 11 is 0. The third-order valence-corrected chi connectivity index (χ3v) is 3.01. The Kier molecular flexibility index (Phi) is 2.53. The first-order valence-corrected chi connectivity index (χ1v) is 5.42. The van der Waals surface area contributed by atoms with Crippen LogP contribution in [-0.4, -0.2) is 9.67 Å². The van der Waals surface area contributed by atoms with Crippen LogP contribution in [0.1, 0.15) is 31.2 Å². The molecule has 2 nitrogen and oxygen atoms in total. The van der Waals surface area contributed by atoms with Crippen molar-refractivity contribution in [1.82, 2.24) is 4.57 Å². The van der Waals surface area contributed by atoms with Crippen LogP contribution >= 0.6 is 0 Å². The summed E-state index contributed by atoms with van der Waals surface area (Å²) in [5.74, 6) is 0. The molecule has 2 rings (SSSR count). The van der Waals surface area contributed by atoms with Gasteiger partial charge in [-0.25, -0.2) is 0 Å². The number of aliphatic hydroxyl groups excluding tert-OH is 1. The van der Waals surface area contributed by atoms with Gasteiger partial charge in [0.15, 0.2) is 0 Å². The molecule has 1 aromatic heterocycles. The van der Waals surface area contributed by atoms with E-state index < -0.39 is 6.10 Å². The van der Waals surface area contributed by atoms with E-state index in [1.807, 2.05) is 19.1 Å². The van der Waals surface area contributed by atoms with Gasteiger partial charge in [-0.1, -0.05) is 18.2 Å². The van der Waals surface area contributed by atoms with Gasteiger partial charge in [-0.05, 0) is 26.8 Å². The number of aliphatic hydroxyl groups is 1. The minimum atomic E-state index is -0.400. The van der Waals surface area contributed by atoms with E-state index >= 15 is 0 Å². The average Bonchev–Trinajstić information content (AvgIpc) is 2.49. The van der Waals surface area contributed by atoms with Crippen LogP contribution in [0.4, 0.5) is 0 Å². The summed E-state index contributed by atoms with van der Waals surface area (Å²) in [6.45, 7) is 6.98. The Morgan fingerprint density at radius 2 is 2.00 bits per heavy atom. The van der Waals surface area contributed by atoms with Crippen LogP contribution < -0.4 is 0 Å². The fraction of sp³-hybridized carbons (Fsp3) is 0.385. The Hall–Kier alpha value is -1.28. The molecular weight excluding hydrogens is 186 g/mol. The second kappa shape index (κ2) is 3.70. The van der Waals surface area contributed by atoms with Crippen molar-refractivity contribution in [3.63, 3.8) is 0 Å². The molecule has 1 unspecified atom stereocenters. The highest BCUT2D eigenvalue weighted by molar-refractivity contribution is 5.85. The number of rotatable bonds is 2. The molecule has 0 saturated carbocycles. The quantitative estimate of drug-likeness (QED) is 0.797. The molecule has 1 heterocycles. The number of aromatic nitrogens is 1. The van der Waals surface area contributed by atoms with Gasteiger partial charge in [0.25, 0.3) is 0 Å². The Balaban J connectivity index is 2.85. The van der Waals surface area contributed by atoms with Crippen molar-refractivity contribution in [3.05, 3.63) is 35.5 Å². The molecule has 80 valence electrons. The molecule has 0 amide bonds. The first-order chi connectivity index (χ1) is 7.16. The molecule has 15 heavy (non-hydrogen) atoms. The van der Waals surface area contributed by atoms with Crippen LogP contribution in [0.15, 0.2) is 24.3 Å². The van der Waals surface area contributed by atoms with E-state index in [1.54, 1.807) is 0 Å². The molecular formula is C13H17NO. The average molecular weight is 203 g/mol. The molecule has 0 fully saturated rings. The summed E-state index contributed by atoms with van der Waals surface area (Å²) in [7, 11) is 0. The van der Waals surface area contributed by atoms with Gasteiger partial charge in [0.05, 0.1) is 6.10 Å². The predicted octanol–water partition coefficient (Wildman–Crippen LogP) is 3.02. The van der Waals surface area contributed by atoms with Crippen molar-refractivity contribution < 1.29 is 5.11 Å². The van der Waals surface area contributed by atoms with Crippen molar-refractivity contribution in [1.29, 1.82) is 0 Å². The molecule has 2 heteroatoms. The molecule has 0 saturated heterocycles. The predicted molar refractivity (Wildman–Crippen MR) is 63.0 cm³/mol. The fourth-order valence-electron chi connectivity index (χ4n) is 2.39. The molecule has 1 N–H and O–H groups in total. The van der Waals surface area contributed by atoms with Crippen molar-refractivity contribution in [2.75, 3.05) is 0 Å². The van der Waals surface area contributed by atoms with E-state index in [9.17, 15) is 5.11 Å². The minimum absolute atomic E-state index is 0.400. The molecule has 0 bridgehead atoms. The number of aryl methyl sites for hydroxylation is 1. The van der Waals surface area contributed by atoms with Gasteiger partial charge in [0.1, 0.15) is 0 Å². The lowest BCUT2D eigenvalue weighted by Gasteiger charge is -2.06. The Labute approximate surface area is 90.2 Å². The summed E-state index contributed by atoms with van der Waals surface area (Å²) < 4.78 is 2.25. The number of hydrogen-bond donors (Lipinski definition) is 1. The molecule has 0 aliphatic carbocycles. The van der Waals surface area contributed by atoms with Crippen molar-refractivity contribution in [2.45, 2.75) is 33.4 Å². The molecule has 1 aromatic carbocycles. The van der Waals surface area contributed by atoms with E-state index in [2.05, 4.69) is 30.5 Å². The van der Waals surface area contributed by atoms with Gasteiger partial charge in [-0.3, -0.25) is 0 Å². The maximum atomic E-state index is 9.80. The van der Waals surface area contributed by atoms with Crippen LogP contribution in [0.25, 0.3) is 10.9 Å². The lowest BCUT2D eigenvalue weighted by Crippen LogP contribution is -1.99. The molecule has 0 aliphatic rings.